The number of rotatable bonds is 6. The fourth-order valence-electron chi connectivity index (χ4n) is 2.70. The number of carbonyl (C=O) groups is 1. The Morgan fingerprint density at radius 3 is 2.68 bits per heavy atom. The second-order valence-electron chi connectivity index (χ2n) is 5.83. The number of nitrogens with one attached hydrogen (secondary N) is 1. The van der Waals surface area contributed by atoms with Gasteiger partial charge < -0.3 is 19.9 Å². The lowest BCUT2D eigenvalue weighted by molar-refractivity contribution is -0.128. The first-order valence-corrected chi connectivity index (χ1v) is 7.76. The Hall–Kier alpha value is -1.60. The summed E-state index contributed by atoms with van der Waals surface area (Å²) in [5.74, 6) is 1.30. The topological polar surface area (TPSA) is 62.6 Å². The molecule has 2 heterocycles. The number of carbonyl (C=O) groups excluding carboxylic acids is 1. The third-order valence-corrected chi connectivity index (χ3v) is 3.94. The zero-order valence-corrected chi connectivity index (χ0v) is 14.1. The number of aromatic nitrogens is 2. The highest BCUT2D eigenvalue weighted by Crippen LogP contribution is 2.23. The number of nitrogens with zero attached hydrogens (tertiary/aromatic N) is 4. The van der Waals surface area contributed by atoms with Crippen LogP contribution in [0.4, 0.5) is 5.82 Å². The average molecular weight is 309 g/mol. The van der Waals surface area contributed by atoms with Gasteiger partial charge in [0.1, 0.15) is 5.82 Å². The molecule has 0 spiro atoms. The molecule has 1 fully saturated rings. The maximum Gasteiger partial charge on any atom is 0.223 e. The molecule has 0 unspecified atom stereocenters. The van der Waals surface area contributed by atoms with Crippen LogP contribution in [0.5, 0.6) is 0 Å². The standard InChI is InChI=1S/C15H27N5O2/c1-12-13(11-16-6-5-14(21)18(2)3)15(19(4)17-12)20-7-9-22-10-8-20/h16H,5-11H2,1-4H3. The summed E-state index contributed by atoms with van der Waals surface area (Å²) in [7, 11) is 5.55. The van der Waals surface area contributed by atoms with Crippen molar-refractivity contribution in [3.05, 3.63) is 11.3 Å². The van der Waals surface area contributed by atoms with E-state index in [1.165, 1.54) is 5.56 Å². The lowest BCUT2D eigenvalue weighted by Gasteiger charge is -2.29. The molecule has 0 bridgehead atoms. The third kappa shape index (κ3) is 3.98. The highest BCUT2D eigenvalue weighted by Gasteiger charge is 2.21. The van der Waals surface area contributed by atoms with Crippen molar-refractivity contribution in [3.8, 4) is 0 Å². The molecule has 22 heavy (non-hydrogen) atoms. The predicted molar refractivity (Wildman–Crippen MR) is 86.0 cm³/mol. The molecule has 1 aliphatic rings. The van der Waals surface area contributed by atoms with Crippen molar-refractivity contribution in [3.63, 3.8) is 0 Å². The first kappa shape index (κ1) is 16.8. The van der Waals surface area contributed by atoms with Gasteiger partial charge in [-0.3, -0.25) is 9.48 Å². The zero-order chi connectivity index (χ0) is 16.1. The van der Waals surface area contributed by atoms with Gasteiger partial charge in [-0.05, 0) is 6.92 Å². The van der Waals surface area contributed by atoms with Crippen LogP contribution in [0.25, 0.3) is 0 Å². The van der Waals surface area contributed by atoms with Crippen molar-refractivity contribution in [2.75, 3.05) is 51.8 Å². The second-order valence-corrected chi connectivity index (χ2v) is 5.83. The Kier molecular flexibility index (Phi) is 5.79. The maximum absolute atomic E-state index is 11.6. The van der Waals surface area contributed by atoms with Crippen molar-refractivity contribution in [2.45, 2.75) is 19.9 Å². The van der Waals surface area contributed by atoms with Crippen molar-refractivity contribution >= 4 is 11.7 Å². The van der Waals surface area contributed by atoms with E-state index in [0.717, 1.165) is 44.4 Å². The van der Waals surface area contributed by atoms with Crippen LogP contribution in [0.2, 0.25) is 0 Å². The highest BCUT2D eigenvalue weighted by molar-refractivity contribution is 5.75. The molecule has 0 saturated carbocycles. The summed E-state index contributed by atoms with van der Waals surface area (Å²) in [6.45, 7) is 6.74. The molecule has 1 aliphatic heterocycles. The van der Waals surface area contributed by atoms with Crippen molar-refractivity contribution < 1.29 is 9.53 Å². The Balaban J connectivity index is 1.96. The van der Waals surface area contributed by atoms with Crippen LogP contribution < -0.4 is 10.2 Å². The van der Waals surface area contributed by atoms with Gasteiger partial charge in [-0.1, -0.05) is 0 Å². The molecular weight excluding hydrogens is 282 g/mol. The number of anilines is 1. The summed E-state index contributed by atoms with van der Waals surface area (Å²) >= 11 is 0. The van der Waals surface area contributed by atoms with Crippen LogP contribution in [-0.4, -0.2) is 67.5 Å². The Labute approximate surface area is 132 Å². The number of morpholine rings is 1. The number of hydrogen-bond donors (Lipinski definition) is 1. The van der Waals surface area contributed by atoms with Gasteiger partial charge >= 0.3 is 0 Å². The van der Waals surface area contributed by atoms with E-state index >= 15 is 0 Å². The number of ether oxygens (including phenoxy) is 1. The smallest absolute Gasteiger partial charge is 0.223 e. The van der Waals surface area contributed by atoms with Crippen molar-refractivity contribution in [2.24, 2.45) is 7.05 Å². The van der Waals surface area contributed by atoms with E-state index in [2.05, 4.69) is 15.3 Å². The van der Waals surface area contributed by atoms with Gasteiger partial charge in [-0.2, -0.15) is 5.10 Å². The lowest BCUT2D eigenvalue weighted by Crippen LogP contribution is -2.38. The monoisotopic (exact) mass is 309 g/mol. The van der Waals surface area contributed by atoms with Crippen molar-refractivity contribution in [1.82, 2.24) is 20.0 Å². The van der Waals surface area contributed by atoms with Gasteiger partial charge in [0, 0.05) is 59.3 Å². The fourth-order valence-corrected chi connectivity index (χ4v) is 2.70. The van der Waals surface area contributed by atoms with E-state index in [-0.39, 0.29) is 5.91 Å². The van der Waals surface area contributed by atoms with Crippen LogP contribution in [0, 0.1) is 6.92 Å². The van der Waals surface area contributed by atoms with Gasteiger partial charge in [0.2, 0.25) is 5.91 Å². The van der Waals surface area contributed by atoms with Crippen LogP contribution in [0.15, 0.2) is 0 Å². The SMILES string of the molecule is Cc1nn(C)c(N2CCOCC2)c1CNCCC(=O)N(C)C. The normalized spacial score (nSPS) is 15.2. The molecule has 0 aromatic carbocycles. The van der Waals surface area contributed by atoms with Gasteiger partial charge in [0.05, 0.1) is 18.9 Å². The molecule has 1 aromatic heterocycles. The van der Waals surface area contributed by atoms with Crippen LogP contribution in [0.3, 0.4) is 0 Å². The van der Waals surface area contributed by atoms with Crippen LogP contribution in [0.1, 0.15) is 17.7 Å². The zero-order valence-electron chi connectivity index (χ0n) is 14.1. The summed E-state index contributed by atoms with van der Waals surface area (Å²) < 4.78 is 7.37. The minimum Gasteiger partial charge on any atom is -0.378 e. The number of hydrogen-bond acceptors (Lipinski definition) is 5. The lowest BCUT2D eigenvalue weighted by atomic mass is 10.2. The Morgan fingerprint density at radius 1 is 1.36 bits per heavy atom. The molecule has 1 amide bonds. The number of amides is 1. The third-order valence-electron chi connectivity index (χ3n) is 3.94. The molecule has 2 rings (SSSR count). The molecule has 7 heteroatoms. The first-order valence-electron chi connectivity index (χ1n) is 7.76. The maximum atomic E-state index is 11.6. The predicted octanol–water partition coefficient (Wildman–Crippen LogP) is 0.133. The quantitative estimate of drug-likeness (QED) is 0.757. The summed E-state index contributed by atoms with van der Waals surface area (Å²) in [5.41, 5.74) is 2.25. The van der Waals surface area contributed by atoms with E-state index in [4.69, 9.17) is 4.74 Å². The van der Waals surface area contributed by atoms with Crippen molar-refractivity contribution in [1.29, 1.82) is 0 Å². The second kappa shape index (κ2) is 7.60. The number of aryl methyl sites for hydroxylation is 2. The molecule has 1 saturated heterocycles. The molecular formula is C15H27N5O2. The molecule has 124 valence electrons. The van der Waals surface area contributed by atoms with E-state index in [1.54, 1.807) is 19.0 Å². The summed E-state index contributed by atoms with van der Waals surface area (Å²) in [6, 6.07) is 0. The first-order chi connectivity index (χ1) is 10.5. The summed E-state index contributed by atoms with van der Waals surface area (Å²) in [6.07, 6.45) is 0.513. The van der Waals surface area contributed by atoms with E-state index in [9.17, 15) is 4.79 Å². The van der Waals surface area contributed by atoms with Crippen LogP contribution >= 0.6 is 0 Å². The highest BCUT2D eigenvalue weighted by atomic mass is 16.5. The fraction of sp³-hybridized carbons (Fsp3) is 0.733. The molecule has 1 N–H and O–H groups in total. The Morgan fingerprint density at radius 2 is 2.05 bits per heavy atom. The van der Waals surface area contributed by atoms with Gasteiger partial charge in [0.15, 0.2) is 0 Å². The molecule has 1 aromatic rings. The van der Waals surface area contributed by atoms with E-state index in [0.29, 0.717) is 13.0 Å². The molecule has 0 atom stereocenters. The Bertz CT molecular complexity index is 506. The van der Waals surface area contributed by atoms with Crippen LogP contribution in [-0.2, 0) is 23.1 Å². The molecule has 7 nitrogen and oxygen atoms in total. The largest absolute Gasteiger partial charge is 0.378 e. The van der Waals surface area contributed by atoms with Gasteiger partial charge in [-0.25, -0.2) is 0 Å². The average Bonchev–Trinajstić information content (AvgIpc) is 2.78. The van der Waals surface area contributed by atoms with E-state index < -0.39 is 0 Å². The summed E-state index contributed by atoms with van der Waals surface area (Å²) in [5, 5.41) is 7.91. The van der Waals surface area contributed by atoms with E-state index in [1.807, 2.05) is 18.7 Å². The van der Waals surface area contributed by atoms with Gasteiger partial charge in [0.25, 0.3) is 0 Å². The molecule has 0 aliphatic carbocycles. The summed E-state index contributed by atoms with van der Waals surface area (Å²) in [4.78, 5) is 15.5. The molecule has 0 radical (unpaired) electrons. The minimum absolute atomic E-state index is 0.142. The minimum atomic E-state index is 0.142. The van der Waals surface area contributed by atoms with Gasteiger partial charge in [-0.15, -0.1) is 0 Å².